The Kier molecular flexibility index (Phi) is 2.63. The quantitative estimate of drug-likeness (QED) is 0.859. The highest BCUT2D eigenvalue weighted by Gasteiger charge is 2.35. The van der Waals surface area contributed by atoms with Gasteiger partial charge in [0.1, 0.15) is 5.58 Å². The molecule has 0 aliphatic carbocycles. The molecule has 0 saturated carbocycles. The lowest BCUT2D eigenvalue weighted by molar-refractivity contribution is -0.152. The van der Waals surface area contributed by atoms with Crippen LogP contribution in [0, 0.1) is 0 Å². The molecular formula is C11H10F3NO. The second-order valence-electron chi connectivity index (χ2n) is 3.48. The van der Waals surface area contributed by atoms with Crippen LogP contribution in [-0.2, 0) is 12.6 Å². The molecule has 2 aromatic rings. The van der Waals surface area contributed by atoms with Crippen molar-refractivity contribution in [2.24, 2.45) is 5.73 Å². The Bertz CT molecular complexity index is 501. The standard InChI is InChI=1S/C11H10F3NO/c12-11(13,14)10-6-8-7(4-5-15)2-1-3-9(8)16-10/h1-3,6H,4-5,15H2. The average Bonchev–Trinajstić information content (AvgIpc) is 2.62. The lowest BCUT2D eigenvalue weighted by atomic mass is 10.1. The Morgan fingerprint density at radius 1 is 1.25 bits per heavy atom. The number of rotatable bonds is 2. The Hall–Kier alpha value is -1.49. The van der Waals surface area contributed by atoms with Crippen LogP contribution in [0.5, 0.6) is 0 Å². The zero-order valence-corrected chi connectivity index (χ0v) is 8.34. The summed E-state index contributed by atoms with van der Waals surface area (Å²) in [5, 5.41) is 0.486. The summed E-state index contributed by atoms with van der Waals surface area (Å²) in [5.41, 5.74) is 6.42. The molecule has 5 heteroatoms. The van der Waals surface area contributed by atoms with E-state index in [9.17, 15) is 13.2 Å². The van der Waals surface area contributed by atoms with Gasteiger partial charge in [-0.3, -0.25) is 0 Å². The zero-order valence-electron chi connectivity index (χ0n) is 8.34. The summed E-state index contributed by atoms with van der Waals surface area (Å²) in [5.74, 6) is -0.966. The van der Waals surface area contributed by atoms with Crippen molar-refractivity contribution in [3.63, 3.8) is 0 Å². The van der Waals surface area contributed by atoms with Gasteiger partial charge in [-0.25, -0.2) is 0 Å². The maximum Gasteiger partial charge on any atom is 0.449 e. The molecule has 0 spiro atoms. The monoisotopic (exact) mass is 229 g/mol. The van der Waals surface area contributed by atoms with Gasteiger partial charge in [0, 0.05) is 5.39 Å². The second-order valence-corrected chi connectivity index (χ2v) is 3.48. The van der Waals surface area contributed by atoms with Gasteiger partial charge in [0.25, 0.3) is 0 Å². The normalized spacial score (nSPS) is 12.2. The van der Waals surface area contributed by atoms with Crippen LogP contribution >= 0.6 is 0 Å². The fourth-order valence-corrected chi connectivity index (χ4v) is 1.63. The van der Waals surface area contributed by atoms with Gasteiger partial charge in [-0.15, -0.1) is 0 Å². The Morgan fingerprint density at radius 3 is 2.62 bits per heavy atom. The number of hydrogen-bond acceptors (Lipinski definition) is 2. The fraction of sp³-hybridized carbons (Fsp3) is 0.273. The SMILES string of the molecule is NCCc1cccc2oc(C(F)(F)F)cc12. The topological polar surface area (TPSA) is 39.2 Å². The van der Waals surface area contributed by atoms with E-state index in [0.29, 0.717) is 18.4 Å². The summed E-state index contributed by atoms with van der Waals surface area (Å²) in [4.78, 5) is 0. The molecule has 0 aliphatic rings. The van der Waals surface area contributed by atoms with Gasteiger partial charge < -0.3 is 10.2 Å². The summed E-state index contributed by atoms with van der Waals surface area (Å²) in [6.45, 7) is 0.394. The molecule has 1 aromatic carbocycles. The summed E-state index contributed by atoms with van der Waals surface area (Å²) in [6.07, 6.45) is -3.91. The minimum atomic E-state index is -4.45. The molecule has 0 saturated heterocycles. The predicted molar refractivity (Wildman–Crippen MR) is 54.0 cm³/mol. The Labute approximate surface area is 89.8 Å². The van der Waals surface area contributed by atoms with Crippen molar-refractivity contribution in [2.45, 2.75) is 12.6 Å². The highest BCUT2D eigenvalue weighted by Crippen LogP contribution is 2.34. The largest absolute Gasteiger partial charge is 0.451 e. The van der Waals surface area contributed by atoms with Gasteiger partial charge in [-0.05, 0) is 30.7 Å². The van der Waals surface area contributed by atoms with E-state index in [1.807, 2.05) is 0 Å². The number of nitrogens with two attached hydrogens (primary N) is 1. The van der Waals surface area contributed by atoms with Crippen molar-refractivity contribution in [1.29, 1.82) is 0 Å². The number of hydrogen-bond donors (Lipinski definition) is 1. The van der Waals surface area contributed by atoms with Crippen molar-refractivity contribution < 1.29 is 17.6 Å². The molecule has 0 bridgehead atoms. The van der Waals surface area contributed by atoms with E-state index in [4.69, 9.17) is 10.2 Å². The van der Waals surface area contributed by atoms with Gasteiger partial charge in [0.15, 0.2) is 0 Å². The molecule has 2 rings (SSSR count). The average molecular weight is 229 g/mol. The predicted octanol–water partition coefficient (Wildman–Crippen LogP) is 2.95. The zero-order chi connectivity index (χ0) is 11.8. The van der Waals surface area contributed by atoms with Crippen LogP contribution in [-0.4, -0.2) is 6.54 Å². The van der Waals surface area contributed by atoms with Gasteiger partial charge in [0.05, 0.1) is 0 Å². The lowest BCUT2D eigenvalue weighted by Gasteiger charge is -1.98. The third kappa shape index (κ3) is 1.90. The smallest absolute Gasteiger partial charge is 0.449 e. The van der Waals surface area contributed by atoms with Crippen LogP contribution in [0.4, 0.5) is 13.2 Å². The van der Waals surface area contributed by atoms with Crippen molar-refractivity contribution >= 4 is 11.0 Å². The van der Waals surface area contributed by atoms with Crippen molar-refractivity contribution in [3.8, 4) is 0 Å². The van der Waals surface area contributed by atoms with Crippen LogP contribution < -0.4 is 5.73 Å². The van der Waals surface area contributed by atoms with Crippen LogP contribution in [0.3, 0.4) is 0 Å². The molecule has 1 heterocycles. The number of alkyl halides is 3. The van der Waals surface area contributed by atoms with Crippen LogP contribution in [0.25, 0.3) is 11.0 Å². The van der Waals surface area contributed by atoms with Gasteiger partial charge in [0.2, 0.25) is 5.76 Å². The van der Waals surface area contributed by atoms with E-state index < -0.39 is 11.9 Å². The minimum absolute atomic E-state index is 0.248. The number of benzene rings is 1. The first-order chi connectivity index (χ1) is 7.52. The first-order valence-corrected chi connectivity index (χ1v) is 4.81. The molecule has 1 aromatic heterocycles. The molecule has 0 amide bonds. The van der Waals surface area contributed by atoms with E-state index >= 15 is 0 Å². The third-order valence-corrected chi connectivity index (χ3v) is 2.34. The maximum absolute atomic E-state index is 12.4. The Balaban J connectivity index is 2.57. The van der Waals surface area contributed by atoms with Crippen molar-refractivity contribution in [1.82, 2.24) is 0 Å². The molecule has 2 N–H and O–H groups in total. The first kappa shape index (κ1) is 11.0. The summed E-state index contributed by atoms with van der Waals surface area (Å²) < 4.78 is 42.0. The molecule has 16 heavy (non-hydrogen) atoms. The van der Waals surface area contributed by atoms with Crippen LogP contribution in [0.2, 0.25) is 0 Å². The van der Waals surface area contributed by atoms with E-state index in [2.05, 4.69) is 0 Å². The fourth-order valence-electron chi connectivity index (χ4n) is 1.63. The number of furan rings is 1. The van der Waals surface area contributed by atoms with Crippen LogP contribution in [0.1, 0.15) is 11.3 Å². The van der Waals surface area contributed by atoms with Crippen molar-refractivity contribution in [2.75, 3.05) is 6.54 Å². The van der Waals surface area contributed by atoms with Gasteiger partial charge in [-0.2, -0.15) is 13.2 Å². The molecule has 2 nitrogen and oxygen atoms in total. The summed E-state index contributed by atoms with van der Waals surface area (Å²) >= 11 is 0. The summed E-state index contributed by atoms with van der Waals surface area (Å²) in [6, 6.07) is 5.97. The third-order valence-electron chi connectivity index (χ3n) is 2.34. The van der Waals surface area contributed by atoms with E-state index in [-0.39, 0.29) is 5.58 Å². The summed E-state index contributed by atoms with van der Waals surface area (Å²) in [7, 11) is 0. The van der Waals surface area contributed by atoms with E-state index in [1.165, 1.54) is 6.07 Å². The molecule has 86 valence electrons. The first-order valence-electron chi connectivity index (χ1n) is 4.81. The molecular weight excluding hydrogens is 219 g/mol. The molecule has 0 atom stereocenters. The molecule has 0 radical (unpaired) electrons. The molecule has 0 fully saturated rings. The number of halogens is 3. The maximum atomic E-state index is 12.4. The van der Waals surface area contributed by atoms with Crippen LogP contribution in [0.15, 0.2) is 28.7 Å². The van der Waals surface area contributed by atoms with Gasteiger partial charge >= 0.3 is 6.18 Å². The highest BCUT2D eigenvalue weighted by molar-refractivity contribution is 5.81. The highest BCUT2D eigenvalue weighted by atomic mass is 19.4. The van der Waals surface area contributed by atoms with E-state index in [0.717, 1.165) is 11.6 Å². The Morgan fingerprint density at radius 2 is 2.00 bits per heavy atom. The molecule has 0 unspecified atom stereocenters. The number of fused-ring (bicyclic) bond motifs is 1. The van der Waals surface area contributed by atoms with E-state index in [1.54, 1.807) is 12.1 Å². The van der Waals surface area contributed by atoms with Crippen molar-refractivity contribution in [3.05, 3.63) is 35.6 Å². The minimum Gasteiger partial charge on any atom is -0.451 e. The molecule has 0 aliphatic heterocycles. The second kappa shape index (κ2) is 3.83. The lowest BCUT2D eigenvalue weighted by Crippen LogP contribution is -2.03. The van der Waals surface area contributed by atoms with Gasteiger partial charge in [-0.1, -0.05) is 12.1 Å².